The van der Waals surface area contributed by atoms with Crippen molar-refractivity contribution in [3.63, 3.8) is 0 Å². The van der Waals surface area contributed by atoms with Gasteiger partial charge in [0.25, 0.3) is 0 Å². The summed E-state index contributed by atoms with van der Waals surface area (Å²) in [6, 6.07) is 4.16. The summed E-state index contributed by atoms with van der Waals surface area (Å²) < 4.78 is 19.2. The molecule has 0 aliphatic carbocycles. The van der Waals surface area contributed by atoms with E-state index in [1.807, 2.05) is 0 Å². The van der Waals surface area contributed by atoms with Crippen LogP contribution in [0.4, 0.5) is 4.39 Å². The number of Topliss-reactive ketones (excluding diaryl/α,β-unsaturated/α-hetero) is 2. The number of ether oxygens (including phenoxy) is 1. The van der Waals surface area contributed by atoms with E-state index in [4.69, 9.17) is 4.74 Å². The van der Waals surface area contributed by atoms with Crippen LogP contribution in [0, 0.1) is 11.7 Å². The van der Waals surface area contributed by atoms with Crippen LogP contribution in [0.25, 0.3) is 0 Å². The van der Waals surface area contributed by atoms with Gasteiger partial charge in [-0.3, -0.25) is 9.59 Å². The third-order valence-electron chi connectivity index (χ3n) is 2.68. The van der Waals surface area contributed by atoms with Gasteiger partial charge in [-0.15, -0.1) is 0 Å². The first-order valence-corrected chi connectivity index (χ1v) is 5.98. The highest BCUT2D eigenvalue weighted by Gasteiger charge is 2.31. The quantitative estimate of drug-likeness (QED) is 0.622. The Morgan fingerprint density at radius 1 is 1.47 bits per heavy atom. The topological polar surface area (TPSA) is 43.4 Å². The summed E-state index contributed by atoms with van der Waals surface area (Å²) in [5.41, 5.74) is -0.0583. The van der Waals surface area contributed by atoms with E-state index in [9.17, 15) is 14.0 Å². The summed E-state index contributed by atoms with van der Waals surface area (Å²) in [6.07, 6.45) is 0.217. The predicted molar refractivity (Wildman–Crippen MR) is 62.4 cm³/mol. The molecule has 5 heteroatoms. The molecule has 2 rings (SSSR count). The number of hydrogen-bond acceptors (Lipinski definition) is 3. The van der Waals surface area contributed by atoms with Crippen molar-refractivity contribution in [3.05, 3.63) is 34.1 Å². The Balaban J connectivity index is 2.27. The van der Waals surface area contributed by atoms with Crippen LogP contribution < -0.4 is 0 Å². The van der Waals surface area contributed by atoms with E-state index in [1.165, 1.54) is 12.1 Å². The minimum atomic E-state index is -0.862. The van der Waals surface area contributed by atoms with Gasteiger partial charge in [0.1, 0.15) is 17.5 Å². The SMILES string of the molecule is O=C1CCOCC1C(=O)c1ccc(Br)cc1F. The number of ketones is 2. The maximum Gasteiger partial charge on any atom is 0.178 e. The van der Waals surface area contributed by atoms with E-state index < -0.39 is 17.5 Å². The molecule has 0 N–H and O–H groups in total. The van der Waals surface area contributed by atoms with Gasteiger partial charge in [0.05, 0.1) is 18.8 Å². The molecule has 0 radical (unpaired) electrons. The van der Waals surface area contributed by atoms with Gasteiger partial charge in [0.2, 0.25) is 0 Å². The number of rotatable bonds is 2. The van der Waals surface area contributed by atoms with E-state index in [1.54, 1.807) is 6.07 Å². The molecule has 0 bridgehead atoms. The minimum Gasteiger partial charge on any atom is -0.380 e. The lowest BCUT2D eigenvalue weighted by molar-refractivity contribution is -0.128. The van der Waals surface area contributed by atoms with Crippen LogP contribution in [0.1, 0.15) is 16.8 Å². The fraction of sp³-hybridized carbons (Fsp3) is 0.333. The van der Waals surface area contributed by atoms with E-state index in [-0.39, 0.29) is 24.4 Å². The standard InChI is InChI=1S/C12H10BrFO3/c13-7-1-2-8(10(14)5-7)12(16)9-6-17-4-3-11(9)15/h1-2,5,9H,3-4,6H2. The molecule has 90 valence electrons. The van der Waals surface area contributed by atoms with Gasteiger partial charge in [-0.25, -0.2) is 4.39 Å². The van der Waals surface area contributed by atoms with Crippen LogP contribution in [-0.2, 0) is 9.53 Å². The van der Waals surface area contributed by atoms with Crippen molar-refractivity contribution >= 4 is 27.5 Å². The molecule has 1 aliphatic heterocycles. The van der Waals surface area contributed by atoms with Gasteiger partial charge in [-0.1, -0.05) is 15.9 Å². The number of hydrogen-bond donors (Lipinski definition) is 0. The Hall–Kier alpha value is -1.07. The monoisotopic (exact) mass is 300 g/mol. The van der Waals surface area contributed by atoms with Crippen molar-refractivity contribution in [2.45, 2.75) is 6.42 Å². The van der Waals surface area contributed by atoms with Gasteiger partial charge >= 0.3 is 0 Å². The zero-order valence-corrected chi connectivity index (χ0v) is 10.5. The number of halogens is 2. The molecule has 17 heavy (non-hydrogen) atoms. The highest BCUT2D eigenvalue weighted by atomic mass is 79.9. The van der Waals surface area contributed by atoms with E-state index in [2.05, 4.69) is 15.9 Å². The molecule has 1 heterocycles. The largest absolute Gasteiger partial charge is 0.380 e. The molecule has 1 aromatic rings. The normalized spacial score (nSPS) is 20.4. The summed E-state index contributed by atoms with van der Waals surface area (Å²) in [7, 11) is 0. The van der Waals surface area contributed by atoms with Crippen molar-refractivity contribution in [2.75, 3.05) is 13.2 Å². The average Bonchev–Trinajstić information content (AvgIpc) is 2.29. The Morgan fingerprint density at radius 3 is 2.88 bits per heavy atom. The third-order valence-corrected chi connectivity index (χ3v) is 3.17. The highest BCUT2D eigenvalue weighted by molar-refractivity contribution is 9.10. The Bertz CT molecular complexity index is 473. The van der Waals surface area contributed by atoms with Crippen LogP contribution in [0.3, 0.4) is 0 Å². The summed E-state index contributed by atoms with van der Waals surface area (Å²) in [5.74, 6) is -2.16. The first-order chi connectivity index (χ1) is 8.09. The zero-order chi connectivity index (χ0) is 12.4. The predicted octanol–water partition coefficient (Wildman–Crippen LogP) is 2.38. The molecule has 3 nitrogen and oxygen atoms in total. The van der Waals surface area contributed by atoms with Crippen LogP contribution in [-0.4, -0.2) is 24.8 Å². The molecule has 0 saturated carbocycles. The molecule has 0 spiro atoms. The Morgan fingerprint density at radius 2 is 2.24 bits per heavy atom. The molecule has 1 saturated heterocycles. The van der Waals surface area contributed by atoms with Crippen LogP contribution in [0.2, 0.25) is 0 Å². The fourth-order valence-electron chi connectivity index (χ4n) is 1.74. The van der Waals surface area contributed by atoms with Gasteiger partial charge in [-0.05, 0) is 18.2 Å². The third kappa shape index (κ3) is 2.61. The zero-order valence-electron chi connectivity index (χ0n) is 8.91. The summed E-state index contributed by atoms with van der Waals surface area (Å²) in [4.78, 5) is 23.5. The van der Waals surface area contributed by atoms with Crippen molar-refractivity contribution in [1.29, 1.82) is 0 Å². The molecular formula is C12H10BrFO3. The summed E-state index contributed by atoms with van der Waals surface area (Å²) in [6.45, 7) is 0.388. The van der Waals surface area contributed by atoms with Crippen molar-refractivity contribution in [3.8, 4) is 0 Å². The van der Waals surface area contributed by atoms with Gasteiger partial charge in [0, 0.05) is 10.9 Å². The second-order valence-corrected chi connectivity index (χ2v) is 4.75. The first-order valence-electron chi connectivity index (χ1n) is 5.19. The molecule has 0 amide bonds. The number of carbonyl (C=O) groups excluding carboxylic acids is 2. The van der Waals surface area contributed by atoms with Gasteiger partial charge in [0.15, 0.2) is 5.78 Å². The maximum atomic E-state index is 13.6. The Labute approximate surface area is 106 Å². The summed E-state index contributed by atoms with van der Waals surface area (Å²) in [5, 5.41) is 0. The smallest absolute Gasteiger partial charge is 0.178 e. The molecule has 1 aromatic carbocycles. The highest BCUT2D eigenvalue weighted by Crippen LogP contribution is 2.21. The number of benzene rings is 1. The summed E-state index contributed by atoms with van der Waals surface area (Å²) >= 11 is 3.11. The first kappa shape index (κ1) is 12.4. The van der Waals surface area contributed by atoms with Gasteiger partial charge in [-0.2, -0.15) is 0 Å². The molecule has 1 aliphatic rings. The maximum absolute atomic E-state index is 13.6. The minimum absolute atomic E-state index is 0.0488. The second-order valence-electron chi connectivity index (χ2n) is 3.83. The van der Waals surface area contributed by atoms with E-state index in [0.717, 1.165) is 0 Å². The lowest BCUT2D eigenvalue weighted by Gasteiger charge is -2.19. The van der Waals surface area contributed by atoms with Crippen LogP contribution in [0.15, 0.2) is 22.7 Å². The molecule has 1 atom stereocenters. The molecular weight excluding hydrogens is 291 g/mol. The molecule has 0 aromatic heterocycles. The van der Waals surface area contributed by atoms with Crippen LogP contribution >= 0.6 is 15.9 Å². The second kappa shape index (κ2) is 5.06. The lowest BCUT2D eigenvalue weighted by Crippen LogP contribution is -2.34. The fourth-order valence-corrected chi connectivity index (χ4v) is 2.07. The van der Waals surface area contributed by atoms with Gasteiger partial charge < -0.3 is 4.74 Å². The molecule has 1 fully saturated rings. The van der Waals surface area contributed by atoms with Crippen LogP contribution in [0.5, 0.6) is 0 Å². The Kier molecular flexibility index (Phi) is 3.69. The number of carbonyl (C=O) groups is 2. The van der Waals surface area contributed by atoms with E-state index >= 15 is 0 Å². The van der Waals surface area contributed by atoms with Crippen molar-refractivity contribution < 1.29 is 18.7 Å². The average molecular weight is 301 g/mol. The van der Waals surface area contributed by atoms with Crippen molar-refractivity contribution in [1.82, 2.24) is 0 Å². The van der Waals surface area contributed by atoms with Crippen molar-refractivity contribution in [2.24, 2.45) is 5.92 Å². The molecule has 1 unspecified atom stereocenters. The van der Waals surface area contributed by atoms with E-state index in [0.29, 0.717) is 11.1 Å². The lowest BCUT2D eigenvalue weighted by atomic mass is 9.91.